The summed E-state index contributed by atoms with van der Waals surface area (Å²) in [5, 5.41) is 9.46. The number of esters is 2. The molecule has 138 valence electrons. The van der Waals surface area contributed by atoms with E-state index < -0.39 is 29.7 Å². The van der Waals surface area contributed by atoms with Crippen LogP contribution in [0.3, 0.4) is 0 Å². The van der Waals surface area contributed by atoms with Crippen molar-refractivity contribution >= 4 is 11.9 Å². The third-order valence-electron chi connectivity index (χ3n) is 3.41. The first-order valence-electron chi connectivity index (χ1n) is 8.39. The Morgan fingerprint density at radius 1 is 0.958 bits per heavy atom. The van der Waals surface area contributed by atoms with Crippen molar-refractivity contribution in [2.24, 2.45) is 23.7 Å². The number of nitrogens with zero attached hydrogens (tertiary/aromatic N) is 1. The van der Waals surface area contributed by atoms with Gasteiger partial charge in [0.25, 0.3) is 0 Å². The summed E-state index contributed by atoms with van der Waals surface area (Å²) >= 11 is 0. The zero-order chi connectivity index (χ0) is 18.5. The topological polar surface area (TPSA) is 94.9 Å². The number of carbonyl (C=O) groups excluding carboxylic acids is 2. The zero-order valence-corrected chi connectivity index (χ0v) is 15.2. The molecule has 0 aromatic heterocycles. The van der Waals surface area contributed by atoms with Gasteiger partial charge in [0.1, 0.15) is 5.92 Å². The molecule has 0 N–H and O–H groups in total. The van der Waals surface area contributed by atoms with Gasteiger partial charge in [0.05, 0.1) is 38.4 Å². The van der Waals surface area contributed by atoms with Crippen LogP contribution in [-0.4, -0.2) is 38.4 Å². The third-order valence-corrected chi connectivity index (χ3v) is 3.41. The van der Waals surface area contributed by atoms with Gasteiger partial charge in [-0.25, -0.2) is 9.78 Å². The van der Waals surface area contributed by atoms with Crippen LogP contribution in [0.2, 0.25) is 0 Å². The SMILES string of the molecule is CCOOCC(C(=O)OCC)C(CC(C)C)C(C#N)C(=O)OCC. The van der Waals surface area contributed by atoms with E-state index in [0.717, 1.165) is 0 Å². The molecule has 0 heterocycles. The summed E-state index contributed by atoms with van der Waals surface area (Å²) in [6, 6.07) is 1.98. The largest absolute Gasteiger partial charge is 0.466 e. The van der Waals surface area contributed by atoms with Gasteiger partial charge in [-0.15, -0.1) is 0 Å². The van der Waals surface area contributed by atoms with Crippen LogP contribution in [0.4, 0.5) is 0 Å². The molecule has 0 radical (unpaired) electrons. The van der Waals surface area contributed by atoms with Crippen molar-refractivity contribution in [3.05, 3.63) is 0 Å². The minimum atomic E-state index is -1.06. The molecule has 0 saturated carbocycles. The van der Waals surface area contributed by atoms with Crippen LogP contribution in [0.1, 0.15) is 41.0 Å². The fourth-order valence-corrected chi connectivity index (χ4v) is 2.45. The minimum absolute atomic E-state index is 0.0817. The molecule has 0 rings (SSSR count). The minimum Gasteiger partial charge on any atom is -0.466 e. The van der Waals surface area contributed by atoms with E-state index in [1.165, 1.54) is 0 Å². The molecular weight excluding hydrogens is 314 g/mol. The molecule has 0 amide bonds. The Bertz CT molecular complexity index is 418. The van der Waals surface area contributed by atoms with Crippen LogP contribution < -0.4 is 0 Å². The molecule has 0 aromatic carbocycles. The second kappa shape index (κ2) is 12.7. The van der Waals surface area contributed by atoms with Crippen molar-refractivity contribution in [3.8, 4) is 6.07 Å². The predicted octanol–water partition coefficient (Wildman–Crippen LogP) is 2.50. The van der Waals surface area contributed by atoms with Crippen molar-refractivity contribution in [1.29, 1.82) is 5.26 Å². The molecule has 0 aliphatic carbocycles. The van der Waals surface area contributed by atoms with Gasteiger partial charge in [0.15, 0.2) is 0 Å². The van der Waals surface area contributed by atoms with E-state index in [9.17, 15) is 14.9 Å². The molecule has 3 unspecified atom stereocenters. The maximum atomic E-state index is 12.3. The number of carbonyl (C=O) groups is 2. The average molecular weight is 343 g/mol. The lowest BCUT2D eigenvalue weighted by molar-refractivity contribution is -0.300. The summed E-state index contributed by atoms with van der Waals surface area (Å²) in [5.74, 6) is -3.39. The highest BCUT2D eigenvalue weighted by Crippen LogP contribution is 2.30. The monoisotopic (exact) mass is 343 g/mol. The Hall–Kier alpha value is -1.65. The number of rotatable bonds is 12. The van der Waals surface area contributed by atoms with Gasteiger partial charge in [0, 0.05) is 5.92 Å². The lowest BCUT2D eigenvalue weighted by Gasteiger charge is -2.28. The van der Waals surface area contributed by atoms with E-state index in [4.69, 9.17) is 19.2 Å². The molecule has 7 nitrogen and oxygen atoms in total. The Morgan fingerprint density at radius 3 is 2.00 bits per heavy atom. The fourth-order valence-electron chi connectivity index (χ4n) is 2.45. The lowest BCUT2D eigenvalue weighted by Crippen LogP contribution is -2.38. The molecule has 24 heavy (non-hydrogen) atoms. The van der Waals surface area contributed by atoms with Gasteiger partial charge >= 0.3 is 11.9 Å². The van der Waals surface area contributed by atoms with Crippen LogP contribution in [0.5, 0.6) is 0 Å². The van der Waals surface area contributed by atoms with Gasteiger partial charge < -0.3 is 9.47 Å². The van der Waals surface area contributed by atoms with E-state index in [0.29, 0.717) is 13.0 Å². The summed E-state index contributed by atoms with van der Waals surface area (Å²) < 4.78 is 10.1. The number of hydrogen-bond donors (Lipinski definition) is 0. The molecule has 3 atom stereocenters. The van der Waals surface area contributed by atoms with Crippen molar-refractivity contribution in [2.45, 2.75) is 41.0 Å². The van der Waals surface area contributed by atoms with Gasteiger partial charge in [-0.05, 0) is 33.1 Å². The third kappa shape index (κ3) is 7.75. The lowest BCUT2D eigenvalue weighted by atomic mass is 9.77. The maximum absolute atomic E-state index is 12.3. The van der Waals surface area contributed by atoms with Crippen LogP contribution in [0.25, 0.3) is 0 Å². The maximum Gasteiger partial charge on any atom is 0.323 e. The molecule has 0 aliphatic heterocycles. The molecule has 0 aliphatic rings. The number of hydrogen-bond acceptors (Lipinski definition) is 7. The van der Waals surface area contributed by atoms with Crippen molar-refractivity contribution in [1.82, 2.24) is 0 Å². The van der Waals surface area contributed by atoms with Crippen LogP contribution >= 0.6 is 0 Å². The zero-order valence-electron chi connectivity index (χ0n) is 15.2. The summed E-state index contributed by atoms with van der Waals surface area (Å²) in [6.45, 7) is 9.65. The number of ether oxygens (including phenoxy) is 2. The molecule has 0 aromatic rings. The van der Waals surface area contributed by atoms with E-state index >= 15 is 0 Å². The van der Waals surface area contributed by atoms with Gasteiger partial charge in [-0.1, -0.05) is 13.8 Å². The van der Waals surface area contributed by atoms with E-state index in [2.05, 4.69) is 0 Å². The first-order chi connectivity index (χ1) is 11.4. The van der Waals surface area contributed by atoms with E-state index in [-0.39, 0.29) is 25.7 Å². The van der Waals surface area contributed by atoms with Crippen LogP contribution in [0, 0.1) is 35.0 Å². The Balaban J connectivity index is 5.49. The highest BCUT2D eigenvalue weighted by Gasteiger charge is 2.40. The van der Waals surface area contributed by atoms with Gasteiger partial charge in [-0.3, -0.25) is 9.59 Å². The second-order valence-electron chi connectivity index (χ2n) is 5.70. The molecule has 0 fully saturated rings. The summed E-state index contributed by atoms with van der Waals surface area (Å²) in [5.41, 5.74) is 0. The van der Waals surface area contributed by atoms with E-state index in [1.54, 1.807) is 20.8 Å². The van der Waals surface area contributed by atoms with Crippen LogP contribution in [-0.2, 0) is 28.8 Å². The molecule has 7 heteroatoms. The second-order valence-corrected chi connectivity index (χ2v) is 5.70. The standard InChI is InChI=1S/C17H29NO6/c1-6-21-16(19)14(10-18)13(9-12(4)5)15(11-24-23-8-3)17(20)22-7-2/h12-15H,6-9,11H2,1-5H3. The number of nitriles is 1. The summed E-state index contributed by atoms with van der Waals surface area (Å²) in [4.78, 5) is 34.4. The first kappa shape index (κ1) is 22.4. The van der Waals surface area contributed by atoms with Crippen molar-refractivity contribution in [2.75, 3.05) is 26.4 Å². The Labute approximate surface area is 144 Å². The average Bonchev–Trinajstić information content (AvgIpc) is 2.51. The smallest absolute Gasteiger partial charge is 0.323 e. The van der Waals surface area contributed by atoms with Gasteiger partial charge in [-0.2, -0.15) is 5.26 Å². The highest BCUT2D eigenvalue weighted by molar-refractivity contribution is 5.78. The van der Waals surface area contributed by atoms with Gasteiger partial charge in [0.2, 0.25) is 0 Å². The summed E-state index contributed by atoms with van der Waals surface area (Å²) in [6.07, 6.45) is 0.482. The first-order valence-corrected chi connectivity index (χ1v) is 8.39. The Kier molecular flexibility index (Phi) is 11.9. The fraction of sp³-hybridized carbons (Fsp3) is 0.824. The normalized spacial score (nSPS) is 14.5. The molecular formula is C17H29NO6. The highest BCUT2D eigenvalue weighted by atomic mass is 17.2. The Morgan fingerprint density at radius 2 is 1.54 bits per heavy atom. The molecule has 0 spiro atoms. The quantitative estimate of drug-likeness (QED) is 0.232. The predicted molar refractivity (Wildman–Crippen MR) is 86.4 cm³/mol. The molecule has 0 saturated heterocycles. The van der Waals surface area contributed by atoms with Crippen molar-refractivity contribution < 1.29 is 28.8 Å². The van der Waals surface area contributed by atoms with E-state index in [1.807, 2.05) is 19.9 Å². The molecule has 0 bridgehead atoms. The van der Waals surface area contributed by atoms with Crippen LogP contribution in [0.15, 0.2) is 0 Å². The van der Waals surface area contributed by atoms with Crippen molar-refractivity contribution in [3.63, 3.8) is 0 Å². The summed E-state index contributed by atoms with van der Waals surface area (Å²) in [7, 11) is 0.